The lowest BCUT2D eigenvalue weighted by atomic mass is 10.1. The van der Waals surface area contributed by atoms with Crippen molar-refractivity contribution in [1.82, 2.24) is 25.2 Å². The van der Waals surface area contributed by atoms with Gasteiger partial charge in [-0.2, -0.15) is 10.2 Å². The van der Waals surface area contributed by atoms with Gasteiger partial charge in [0.15, 0.2) is 0 Å². The van der Waals surface area contributed by atoms with Gasteiger partial charge >= 0.3 is 5.97 Å². The molecule has 3 heterocycles. The summed E-state index contributed by atoms with van der Waals surface area (Å²) >= 11 is 0. The average Bonchev–Trinajstić information content (AvgIpc) is 3.04. The Hall–Kier alpha value is -3.10. The van der Waals surface area contributed by atoms with E-state index in [0.717, 1.165) is 5.56 Å². The van der Waals surface area contributed by atoms with E-state index in [4.69, 9.17) is 9.47 Å². The number of hydrogen-bond donors (Lipinski definition) is 1. The molecule has 138 valence electrons. The third-order valence-electron chi connectivity index (χ3n) is 3.99. The molecule has 1 N–H and O–H groups in total. The summed E-state index contributed by atoms with van der Waals surface area (Å²) in [7, 11) is 1.53. The van der Waals surface area contributed by atoms with Crippen LogP contribution in [0.25, 0.3) is 6.08 Å². The number of esters is 1. The smallest absolute Gasteiger partial charge is 0.341 e. The zero-order valence-electron chi connectivity index (χ0n) is 14.8. The Balaban J connectivity index is 1.87. The fourth-order valence-electron chi connectivity index (χ4n) is 2.73. The van der Waals surface area contributed by atoms with Crippen molar-refractivity contribution in [2.24, 2.45) is 0 Å². The maximum Gasteiger partial charge on any atom is 0.341 e. The van der Waals surface area contributed by atoms with Crippen molar-refractivity contribution in [3.63, 3.8) is 0 Å². The van der Waals surface area contributed by atoms with E-state index in [0.29, 0.717) is 22.3 Å². The molecule has 0 aromatic carbocycles. The van der Waals surface area contributed by atoms with Crippen LogP contribution in [0.15, 0.2) is 30.3 Å². The van der Waals surface area contributed by atoms with Crippen LogP contribution in [0.1, 0.15) is 41.5 Å². The number of nitrogens with zero attached hydrogens (tertiary/aromatic N) is 4. The number of rotatable bonds is 6. The molecule has 0 aliphatic carbocycles. The second-order valence-electron chi connectivity index (χ2n) is 5.66. The lowest BCUT2D eigenvalue weighted by Crippen LogP contribution is -2.33. The molecule has 26 heavy (non-hydrogen) atoms. The van der Waals surface area contributed by atoms with Gasteiger partial charge in [0.1, 0.15) is 18.1 Å². The number of aromatic nitrogens is 3. The lowest BCUT2D eigenvalue weighted by Gasteiger charge is -2.27. The first-order valence-electron chi connectivity index (χ1n) is 8.18. The Bertz CT molecular complexity index is 836. The average molecular weight is 361 g/mol. The minimum absolute atomic E-state index is 0.134. The highest BCUT2D eigenvalue weighted by atomic mass is 19.2. The van der Waals surface area contributed by atoms with Gasteiger partial charge in [0.25, 0.3) is 0 Å². The monoisotopic (exact) mass is 361 g/mol. The van der Waals surface area contributed by atoms with Gasteiger partial charge in [-0.15, -0.1) is 0 Å². The fourth-order valence-corrected chi connectivity index (χ4v) is 2.73. The number of pyridine rings is 1. The van der Waals surface area contributed by atoms with Crippen molar-refractivity contribution in [2.45, 2.75) is 26.6 Å². The number of carbonyl (C=O) groups excluding carboxylic acids is 1. The molecule has 1 atom stereocenters. The number of carbonyl (C=O) groups is 1. The van der Waals surface area contributed by atoms with Gasteiger partial charge in [0.05, 0.1) is 31.6 Å². The van der Waals surface area contributed by atoms with Crippen molar-refractivity contribution in [2.75, 3.05) is 13.7 Å². The first-order valence-corrected chi connectivity index (χ1v) is 8.18. The van der Waals surface area contributed by atoms with Crippen molar-refractivity contribution in [3.8, 4) is 5.88 Å². The number of halogens is 1. The van der Waals surface area contributed by atoms with Crippen molar-refractivity contribution >= 4 is 12.0 Å². The number of nitrogens with one attached hydrogen (secondary N) is 1. The van der Waals surface area contributed by atoms with Gasteiger partial charge in [-0.3, -0.25) is 0 Å². The summed E-state index contributed by atoms with van der Waals surface area (Å²) in [6.45, 7) is 3.71. The molecule has 2 aromatic rings. The van der Waals surface area contributed by atoms with Crippen LogP contribution in [-0.2, 0) is 11.4 Å². The van der Waals surface area contributed by atoms with Crippen LogP contribution in [0, 0.1) is 0 Å². The highest BCUT2D eigenvalue weighted by molar-refractivity contribution is 5.93. The third-order valence-corrected chi connectivity index (χ3v) is 3.99. The minimum atomic E-state index is -0.487. The highest BCUT2D eigenvalue weighted by Gasteiger charge is 2.26. The predicted octanol–water partition coefficient (Wildman–Crippen LogP) is 2.27. The van der Waals surface area contributed by atoms with E-state index in [9.17, 15) is 9.28 Å². The maximum atomic E-state index is 14.4. The minimum Gasteiger partial charge on any atom is -0.481 e. The number of ether oxygens (including phenoxy) is 2. The first kappa shape index (κ1) is 17.7. The van der Waals surface area contributed by atoms with Gasteiger partial charge < -0.3 is 14.8 Å². The summed E-state index contributed by atoms with van der Waals surface area (Å²) in [4.78, 5) is 16.2. The lowest BCUT2D eigenvalue weighted by molar-refractivity contribution is 0.0152. The molecule has 1 aliphatic rings. The van der Waals surface area contributed by atoms with E-state index in [2.05, 4.69) is 15.4 Å². The van der Waals surface area contributed by atoms with Crippen molar-refractivity contribution < 1.29 is 18.7 Å². The summed E-state index contributed by atoms with van der Waals surface area (Å²) in [5.74, 6) is 0.187. The van der Waals surface area contributed by atoms with Crippen LogP contribution in [0.2, 0.25) is 0 Å². The molecule has 0 saturated heterocycles. The molecule has 8 nitrogen and oxygen atoms in total. The van der Waals surface area contributed by atoms with E-state index in [1.807, 2.05) is 13.0 Å². The van der Waals surface area contributed by atoms with E-state index < -0.39 is 5.97 Å². The second-order valence-corrected chi connectivity index (χ2v) is 5.66. The molecule has 2 aromatic heterocycles. The summed E-state index contributed by atoms with van der Waals surface area (Å²) in [6.07, 6.45) is 4.54. The first-order chi connectivity index (χ1) is 12.5. The van der Waals surface area contributed by atoms with Gasteiger partial charge in [0, 0.05) is 17.8 Å². The molecule has 0 fully saturated rings. The number of methoxy groups -OCH3 is 1. The van der Waals surface area contributed by atoms with E-state index in [1.54, 1.807) is 19.2 Å². The Kier molecular flexibility index (Phi) is 5.06. The van der Waals surface area contributed by atoms with E-state index >= 15 is 0 Å². The SMILES string of the molecule is CCOC(=O)c1cnn2c1C=C(N[C@H](C)c1cccnc1OC)N(F)C2. The topological polar surface area (TPSA) is 81.5 Å². The van der Waals surface area contributed by atoms with Gasteiger partial charge in [-0.1, -0.05) is 10.5 Å². The van der Waals surface area contributed by atoms with Crippen LogP contribution >= 0.6 is 0 Å². The molecular weight excluding hydrogens is 341 g/mol. The predicted molar refractivity (Wildman–Crippen MR) is 91.4 cm³/mol. The largest absolute Gasteiger partial charge is 0.481 e. The van der Waals surface area contributed by atoms with Crippen LogP contribution < -0.4 is 10.1 Å². The maximum absolute atomic E-state index is 14.4. The van der Waals surface area contributed by atoms with Crippen LogP contribution in [-0.4, -0.2) is 39.6 Å². The van der Waals surface area contributed by atoms with Crippen molar-refractivity contribution in [3.05, 3.63) is 47.2 Å². The highest BCUT2D eigenvalue weighted by Crippen LogP contribution is 2.26. The molecule has 0 unspecified atom stereocenters. The molecule has 9 heteroatoms. The Labute approximate surface area is 150 Å². The van der Waals surface area contributed by atoms with Gasteiger partial charge in [-0.05, 0) is 19.9 Å². The third kappa shape index (κ3) is 3.32. The molecule has 3 rings (SSSR count). The Morgan fingerprint density at radius 2 is 2.31 bits per heavy atom. The Morgan fingerprint density at radius 1 is 1.50 bits per heavy atom. The summed E-state index contributed by atoms with van der Waals surface area (Å²) in [5.41, 5.74) is 1.57. The normalized spacial score (nSPS) is 14.3. The molecular formula is C17H20FN5O3. The van der Waals surface area contributed by atoms with Crippen LogP contribution in [0.4, 0.5) is 4.48 Å². The van der Waals surface area contributed by atoms with Crippen molar-refractivity contribution in [1.29, 1.82) is 0 Å². The number of hydrogen-bond acceptors (Lipinski definition) is 7. The molecule has 0 spiro atoms. The number of fused-ring (bicyclic) bond motifs is 1. The second kappa shape index (κ2) is 7.42. The summed E-state index contributed by atoms with van der Waals surface area (Å²) in [6, 6.07) is 3.36. The molecule has 0 saturated carbocycles. The quantitative estimate of drug-likeness (QED) is 0.624. The molecule has 0 radical (unpaired) electrons. The fraction of sp³-hybridized carbons (Fsp3) is 0.353. The zero-order chi connectivity index (χ0) is 18.7. The van der Waals surface area contributed by atoms with E-state index in [1.165, 1.54) is 24.1 Å². The molecule has 0 bridgehead atoms. The van der Waals surface area contributed by atoms with Crippen LogP contribution in [0.5, 0.6) is 5.88 Å². The zero-order valence-corrected chi connectivity index (χ0v) is 14.8. The molecule has 1 aliphatic heterocycles. The van der Waals surface area contributed by atoms with E-state index in [-0.39, 0.29) is 25.1 Å². The van der Waals surface area contributed by atoms with Gasteiger partial charge in [-0.25, -0.2) is 14.5 Å². The summed E-state index contributed by atoms with van der Waals surface area (Å²) in [5, 5.41) is 7.65. The van der Waals surface area contributed by atoms with Crippen LogP contribution in [0.3, 0.4) is 0 Å². The standard InChI is InChI=1S/C17H20FN5O3/c1-4-26-17(24)13-9-20-23-10-22(18)15(8-14(13)23)21-11(2)12-6-5-7-19-16(12)25-3/h5-9,11,21H,4,10H2,1-3H3/t11-/m1/s1. The summed E-state index contributed by atoms with van der Waals surface area (Å²) < 4.78 is 26.1. The van der Waals surface area contributed by atoms with Gasteiger partial charge in [0.2, 0.25) is 5.88 Å². The Morgan fingerprint density at radius 3 is 3.04 bits per heavy atom. The molecule has 0 amide bonds.